The average Bonchev–Trinajstić information content (AvgIpc) is 2.63. The van der Waals surface area contributed by atoms with Crippen molar-refractivity contribution in [1.82, 2.24) is 15.1 Å². The first-order valence-corrected chi connectivity index (χ1v) is 8.66. The lowest BCUT2D eigenvalue weighted by Gasteiger charge is -2.35. The standard InChI is InChI=1S/C20H24FN3O/c1-16-6-2-3-8-18(16)15-23-10-12-24(13-11-23)20(25)22-14-17-7-4-5-9-19(17)21/h2-9H,10-15H2,1H3,(H,22,25). The third-order valence-electron chi connectivity index (χ3n) is 4.70. The van der Waals surface area contributed by atoms with Gasteiger partial charge in [0.25, 0.3) is 0 Å². The highest BCUT2D eigenvalue weighted by Crippen LogP contribution is 2.13. The van der Waals surface area contributed by atoms with E-state index in [1.807, 2.05) is 0 Å². The van der Waals surface area contributed by atoms with Crippen molar-refractivity contribution in [2.75, 3.05) is 26.2 Å². The highest BCUT2D eigenvalue weighted by atomic mass is 19.1. The zero-order valence-electron chi connectivity index (χ0n) is 14.5. The Bertz CT molecular complexity index is 726. The summed E-state index contributed by atoms with van der Waals surface area (Å²) in [5.74, 6) is -0.286. The number of hydrogen-bond donors (Lipinski definition) is 1. The maximum absolute atomic E-state index is 13.6. The van der Waals surface area contributed by atoms with Crippen molar-refractivity contribution in [1.29, 1.82) is 0 Å². The van der Waals surface area contributed by atoms with Gasteiger partial charge in [0.15, 0.2) is 0 Å². The molecule has 1 aliphatic heterocycles. The van der Waals surface area contributed by atoms with Gasteiger partial charge in [0.1, 0.15) is 5.82 Å². The zero-order chi connectivity index (χ0) is 17.6. The van der Waals surface area contributed by atoms with Crippen LogP contribution in [0.3, 0.4) is 0 Å². The molecule has 4 nitrogen and oxygen atoms in total. The van der Waals surface area contributed by atoms with Crippen LogP contribution in [-0.4, -0.2) is 42.0 Å². The van der Waals surface area contributed by atoms with Crippen LogP contribution < -0.4 is 5.32 Å². The molecule has 2 amide bonds. The molecule has 0 aromatic heterocycles. The van der Waals surface area contributed by atoms with E-state index >= 15 is 0 Å². The Hall–Kier alpha value is -2.40. The van der Waals surface area contributed by atoms with E-state index in [2.05, 4.69) is 41.4 Å². The van der Waals surface area contributed by atoms with Gasteiger partial charge in [-0.2, -0.15) is 0 Å². The molecule has 132 valence electrons. The summed E-state index contributed by atoms with van der Waals surface area (Å²) in [5, 5.41) is 2.81. The molecule has 0 saturated carbocycles. The first-order chi connectivity index (χ1) is 12.1. The van der Waals surface area contributed by atoms with Crippen LogP contribution in [-0.2, 0) is 13.1 Å². The fourth-order valence-corrected chi connectivity index (χ4v) is 3.06. The number of rotatable bonds is 4. The summed E-state index contributed by atoms with van der Waals surface area (Å²) < 4.78 is 13.6. The van der Waals surface area contributed by atoms with Crippen LogP contribution in [0.4, 0.5) is 9.18 Å². The smallest absolute Gasteiger partial charge is 0.317 e. The number of carbonyl (C=O) groups is 1. The van der Waals surface area contributed by atoms with E-state index in [-0.39, 0.29) is 18.4 Å². The molecule has 1 heterocycles. The van der Waals surface area contributed by atoms with Crippen molar-refractivity contribution < 1.29 is 9.18 Å². The van der Waals surface area contributed by atoms with E-state index in [0.29, 0.717) is 18.7 Å². The van der Waals surface area contributed by atoms with Crippen molar-refractivity contribution >= 4 is 6.03 Å². The maximum atomic E-state index is 13.6. The second-order valence-electron chi connectivity index (χ2n) is 6.44. The van der Waals surface area contributed by atoms with E-state index in [4.69, 9.17) is 0 Å². The van der Waals surface area contributed by atoms with Crippen molar-refractivity contribution in [3.05, 3.63) is 71.0 Å². The van der Waals surface area contributed by atoms with Gasteiger partial charge in [0, 0.05) is 44.8 Å². The van der Waals surface area contributed by atoms with Gasteiger partial charge >= 0.3 is 6.03 Å². The summed E-state index contributed by atoms with van der Waals surface area (Å²) in [7, 11) is 0. The van der Waals surface area contributed by atoms with Gasteiger partial charge in [-0.15, -0.1) is 0 Å². The molecule has 0 atom stereocenters. The predicted molar refractivity (Wildman–Crippen MR) is 96.7 cm³/mol. The molecule has 1 aliphatic rings. The molecule has 0 aliphatic carbocycles. The van der Waals surface area contributed by atoms with Crippen LogP contribution in [0.25, 0.3) is 0 Å². The molecule has 25 heavy (non-hydrogen) atoms. The first-order valence-electron chi connectivity index (χ1n) is 8.66. The molecule has 0 unspecified atom stereocenters. The summed E-state index contributed by atoms with van der Waals surface area (Å²) in [6.45, 7) is 6.33. The van der Waals surface area contributed by atoms with E-state index < -0.39 is 0 Å². The second kappa shape index (κ2) is 8.12. The first kappa shape index (κ1) is 17.4. The molecule has 2 aromatic rings. The summed E-state index contributed by atoms with van der Waals surface area (Å²) >= 11 is 0. The fourth-order valence-electron chi connectivity index (χ4n) is 3.06. The maximum Gasteiger partial charge on any atom is 0.317 e. The monoisotopic (exact) mass is 341 g/mol. The summed E-state index contributed by atoms with van der Waals surface area (Å²) in [6, 6.07) is 14.8. The minimum absolute atomic E-state index is 0.126. The number of benzene rings is 2. The van der Waals surface area contributed by atoms with E-state index in [0.717, 1.165) is 19.6 Å². The van der Waals surface area contributed by atoms with Crippen LogP contribution >= 0.6 is 0 Å². The molecule has 2 aromatic carbocycles. The minimum atomic E-state index is -0.286. The summed E-state index contributed by atoms with van der Waals surface area (Å²) in [4.78, 5) is 16.4. The van der Waals surface area contributed by atoms with Crippen molar-refractivity contribution in [3.63, 3.8) is 0 Å². The largest absolute Gasteiger partial charge is 0.334 e. The Kier molecular flexibility index (Phi) is 5.66. The fraction of sp³-hybridized carbons (Fsp3) is 0.350. The second-order valence-corrected chi connectivity index (χ2v) is 6.44. The lowest BCUT2D eigenvalue weighted by atomic mass is 10.1. The number of aryl methyl sites for hydroxylation is 1. The summed E-state index contributed by atoms with van der Waals surface area (Å²) in [5.41, 5.74) is 3.14. The Morgan fingerprint density at radius 1 is 1.00 bits per heavy atom. The molecule has 0 spiro atoms. The van der Waals surface area contributed by atoms with Crippen molar-refractivity contribution in [3.8, 4) is 0 Å². The molecular weight excluding hydrogens is 317 g/mol. The van der Waals surface area contributed by atoms with Gasteiger partial charge in [-0.1, -0.05) is 42.5 Å². The number of piperazine rings is 1. The van der Waals surface area contributed by atoms with Crippen LogP contribution in [0.2, 0.25) is 0 Å². The van der Waals surface area contributed by atoms with E-state index in [1.165, 1.54) is 17.2 Å². The Morgan fingerprint density at radius 2 is 1.64 bits per heavy atom. The van der Waals surface area contributed by atoms with Crippen molar-refractivity contribution in [2.45, 2.75) is 20.0 Å². The molecule has 3 rings (SSSR count). The van der Waals surface area contributed by atoms with Gasteiger partial charge in [0.05, 0.1) is 0 Å². The van der Waals surface area contributed by atoms with E-state index in [9.17, 15) is 9.18 Å². The molecule has 0 bridgehead atoms. The molecule has 5 heteroatoms. The third kappa shape index (κ3) is 4.57. The van der Waals surface area contributed by atoms with Gasteiger partial charge in [0.2, 0.25) is 0 Å². The Labute approximate surface area is 148 Å². The topological polar surface area (TPSA) is 35.6 Å². The number of carbonyl (C=O) groups excluding carboxylic acids is 1. The zero-order valence-corrected chi connectivity index (χ0v) is 14.5. The third-order valence-corrected chi connectivity index (χ3v) is 4.70. The average molecular weight is 341 g/mol. The molecule has 1 saturated heterocycles. The molecule has 1 N–H and O–H groups in total. The molecule has 0 radical (unpaired) electrons. The lowest BCUT2D eigenvalue weighted by molar-refractivity contribution is 0.135. The Morgan fingerprint density at radius 3 is 2.32 bits per heavy atom. The van der Waals surface area contributed by atoms with Crippen LogP contribution in [0.5, 0.6) is 0 Å². The van der Waals surface area contributed by atoms with E-state index in [1.54, 1.807) is 23.1 Å². The number of halogens is 1. The number of nitrogens with one attached hydrogen (secondary N) is 1. The molecule has 1 fully saturated rings. The van der Waals surface area contributed by atoms with Gasteiger partial charge in [-0.25, -0.2) is 9.18 Å². The molecular formula is C20H24FN3O. The van der Waals surface area contributed by atoms with Crippen LogP contribution in [0.1, 0.15) is 16.7 Å². The van der Waals surface area contributed by atoms with Gasteiger partial charge in [-0.05, 0) is 24.1 Å². The highest BCUT2D eigenvalue weighted by molar-refractivity contribution is 5.74. The number of hydrogen-bond acceptors (Lipinski definition) is 2. The summed E-state index contributed by atoms with van der Waals surface area (Å²) in [6.07, 6.45) is 0. The number of amides is 2. The predicted octanol–water partition coefficient (Wildman–Crippen LogP) is 3.16. The minimum Gasteiger partial charge on any atom is -0.334 e. The highest BCUT2D eigenvalue weighted by Gasteiger charge is 2.21. The quantitative estimate of drug-likeness (QED) is 0.927. The van der Waals surface area contributed by atoms with Crippen LogP contribution in [0.15, 0.2) is 48.5 Å². The normalized spacial score (nSPS) is 15.2. The Balaban J connectivity index is 1.46. The van der Waals surface area contributed by atoms with Crippen molar-refractivity contribution in [2.24, 2.45) is 0 Å². The van der Waals surface area contributed by atoms with Gasteiger partial charge in [-0.3, -0.25) is 4.90 Å². The van der Waals surface area contributed by atoms with Crippen LogP contribution in [0, 0.1) is 12.7 Å². The SMILES string of the molecule is Cc1ccccc1CN1CCN(C(=O)NCc2ccccc2F)CC1. The lowest BCUT2D eigenvalue weighted by Crippen LogP contribution is -2.51. The van der Waals surface area contributed by atoms with Gasteiger partial charge < -0.3 is 10.2 Å². The number of nitrogens with zero attached hydrogens (tertiary/aromatic N) is 2. The number of urea groups is 1.